The van der Waals surface area contributed by atoms with Crippen LogP contribution in [0.25, 0.3) is 0 Å². The first-order valence-electron chi connectivity index (χ1n) is 4.93. The Morgan fingerprint density at radius 3 is 2.92 bits per heavy atom. The van der Waals surface area contributed by atoms with Gasteiger partial charge in [-0.15, -0.1) is 0 Å². The minimum absolute atomic E-state index is 0.0184. The average Bonchev–Trinajstić information content (AvgIpc) is 2.10. The summed E-state index contributed by atoms with van der Waals surface area (Å²) in [5.74, 6) is 0.533. The van der Waals surface area contributed by atoms with E-state index in [1.54, 1.807) is 4.90 Å². The van der Waals surface area contributed by atoms with Gasteiger partial charge in [0.15, 0.2) is 0 Å². The predicted octanol–water partition coefficient (Wildman–Crippen LogP) is 0.385. The Bertz CT molecular complexity index is 184. The quantitative estimate of drug-likeness (QED) is 0.620. The van der Waals surface area contributed by atoms with E-state index in [1.807, 2.05) is 6.92 Å². The number of hydrogen-bond donors (Lipinski definition) is 2. The van der Waals surface area contributed by atoms with Gasteiger partial charge < -0.3 is 16.0 Å². The van der Waals surface area contributed by atoms with Crippen molar-refractivity contribution in [2.45, 2.75) is 26.3 Å². The van der Waals surface area contributed by atoms with E-state index in [2.05, 4.69) is 12.2 Å². The second-order valence-electron chi connectivity index (χ2n) is 3.71. The third-order valence-corrected chi connectivity index (χ3v) is 2.63. The van der Waals surface area contributed by atoms with Crippen LogP contribution in [0.3, 0.4) is 0 Å². The maximum atomic E-state index is 11.4. The van der Waals surface area contributed by atoms with Gasteiger partial charge >= 0.3 is 6.03 Å². The lowest BCUT2D eigenvalue weighted by atomic mass is 9.95. The molecule has 1 rings (SSSR count). The molecule has 76 valence electrons. The van der Waals surface area contributed by atoms with Crippen LogP contribution in [0.5, 0.6) is 0 Å². The fourth-order valence-electron chi connectivity index (χ4n) is 1.55. The van der Waals surface area contributed by atoms with E-state index in [-0.39, 0.29) is 12.1 Å². The molecule has 0 radical (unpaired) electrons. The van der Waals surface area contributed by atoms with Gasteiger partial charge in [-0.3, -0.25) is 0 Å². The average molecular weight is 185 g/mol. The van der Waals surface area contributed by atoms with E-state index in [9.17, 15) is 4.79 Å². The van der Waals surface area contributed by atoms with Crippen LogP contribution in [0, 0.1) is 5.92 Å². The third kappa shape index (κ3) is 2.59. The smallest absolute Gasteiger partial charge is 0.317 e. The molecule has 2 unspecified atom stereocenters. The van der Waals surface area contributed by atoms with Crippen LogP contribution >= 0.6 is 0 Å². The molecule has 0 spiro atoms. The second kappa shape index (κ2) is 4.46. The summed E-state index contributed by atoms with van der Waals surface area (Å²) < 4.78 is 0. The van der Waals surface area contributed by atoms with E-state index in [0.29, 0.717) is 19.0 Å². The van der Waals surface area contributed by atoms with E-state index >= 15 is 0 Å². The van der Waals surface area contributed by atoms with Crippen molar-refractivity contribution in [3.05, 3.63) is 0 Å². The molecule has 0 saturated carbocycles. The summed E-state index contributed by atoms with van der Waals surface area (Å²) in [6.45, 7) is 6.26. The number of urea groups is 1. The molecule has 0 aromatic carbocycles. The minimum atomic E-state index is 0.0184. The van der Waals surface area contributed by atoms with Crippen LogP contribution in [0.4, 0.5) is 4.79 Å². The topological polar surface area (TPSA) is 58.4 Å². The molecule has 2 atom stereocenters. The van der Waals surface area contributed by atoms with Gasteiger partial charge in [0, 0.05) is 25.7 Å². The first-order valence-corrected chi connectivity index (χ1v) is 4.93. The van der Waals surface area contributed by atoms with Crippen molar-refractivity contribution in [1.29, 1.82) is 0 Å². The van der Waals surface area contributed by atoms with Crippen molar-refractivity contribution in [2.75, 3.05) is 19.6 Å². The maximum absolute atomic E-state index is 11.4. The SMILES string of the molecule is CCNC(=O)N1CCC(C)C(N)C1. The Balaban J connectivity index is 2.40. The molecular formula is C9H19N3O. The summed E-state index contributed by atoms with van der Waals surface area (Å²) in [7, 11) is 0. The molecule has 1 aliphatic rings. The molecule has 1 aliphatic heterocycles. The Labute approximate surface area is 79.5 Å². The molecule has 1 fully saturated rings. The number of carbonyl (C=O) groups is 1. The monoisotopic (exact) mass is 185 g/mol. The first-order chi connectivity index (χ1) is 6.15. The van der Waals surface area contributed by atoms with Gasteiger partial charge in [-0.2, -0.15) is 0 Å². The number of likely N-dealkylation sites (tertiary alicyclic amines) is 1. The molecule has 0 bridgehead atoms. The Morgan fingerprint density at radius 2 is 2.38 bits per heavy atom. The fourth-order valence-corrected chi connectivity index (χ4v) is 1.55. The number of hydrogen-bond acceptors (Lipinski definition) is 2. The van der Waals surface area contributed by atoms with Gasteiger partial charge in [-0.05, 0) is 19.3 Å². The van der Waals surface area contributed by atoms with Crippen molar-refractivity contribution < 1.29 is 4.79 Å². The number of carbonyl (C=O) groups excluding carboxylic acids is 1. The molecule has 3 N–H and O–H groups in total. The molecule has 4 nitrogen and oxygen atoms in total. The second-order valence-corrected chi connectivity index (χ2v) is 3.71. The van der Waals surface area contributed by atoms with Crippen molar-refractivity contribution >= 4 is 6.03 Å². The highest BCUT2D eigenvalue weighted by Gasteiger charge is 2.25. The van der Waals surface area contributed by atoms with E-state index in [0.717, 1.165) is 13.0 Å². The summed E-state index contributed by atoms with van der Waals surface area (Å²) in [6, 6.07) is 0.154. The van der Waals surface area contributed by atoms with E-state index in [4.69, 9.17) is 5.73 Å². The number of piperidine rings is 1. The summed E-state index contributed by atoms with van der Waals surface area (Å²) >= 11 is 0. The molecule has 13 heavy (non-hydrogen) atoms. The molecular weight excluding hydrogens is 166 g/mol. The summed E-state index contributed by atoms with van der Waals surface area (Å²) in [5.41, 5.74) is 5.88. The van der Waals surface area contributed by atoms with Gasteiger partial charge in [0.1, 0.15) is 0 Å². The van der Waals surface area contributed by atoms with Gasteiger partial charge in [-0.25, -0.2) is 4.79 Å². The number of amides is 2. The number of nitrogens with two attached hydrogens (primary N) is 1. The largest absolute Gasteiger partial charge is 0.338 e. The lowest BCUT2D eigenvalue weighted by Crippen LogP contribution is -2.52. The van der Waals surface area contributed by atoms with Crippen molar-refractivity contribution in [2.24, 2.45) is 11.7 Å². The molecule has 2 amide bonds. The van der Waals surface area contributed by atoms with E-state index < -0.39 is 0 Å². The number of nitrogens with one attached hydrogen (secondary N) is 1. The number of nitrogens with zero attached hydrogens (tertiary/aromatic N) is 1. The zero-order chi connectivity index (χ0) is 9.84. The maximum Gasteiger partial charge on any atom is 0.317 e. The first kappa shape index (κ1) is 10.3. The highest BCUT2D eigenvalue weighted by atomic mass is 16.2. The molecule has 1 saturated heterocycles. The van der Waals surface area contributed by atoms with E-state index in [1.165, 1.54) is 0 Å². The molecule has 0 aromatic heterocycles. The fraction of sp³-hybridized carbons (Fsp3) is 0.889. The van der Waals surface area contributed by atoms with Crippen molar-refractivity contribution in [1.82, 2.24) is 10.2 Å². The molecule has 1 heterocycles. The normalized spacial score (nSPS) is 28.7. The van der Waals surface area contributed by atoms with Crippen LogP contribution in [0.2, 0.25) is 0 Å². The van der Waals surface area contributed by atoms with Gasteiger partial charge in [0.25, 0.3) is 0 Å². The summed E-state index contributed by atoms with van der Waals surface area (Å²) in [4.78, 5) is 13.2. The van der Waals surface area contributed by atoms with Crippen LogP contribution in [-0.4, -0.2) is 36.6 Å². The van der Waals surface area contributed by atoms with Gasteiger partial charge in [0.2, 0.25) is 0 Å². The Hall–Kier alpha value is -0.770. The zero-order valence-corrected chi connectivity index (χ0v) is 8.42. The highest BCUT2D eigenvalue weighted by molar-refractivity contribution is 5.74. The van der Waals surface area contributed by atoms with Crippen LogP contribution in [0.1, 0.15) is 20.3 Å². The van der Waals surface area contributed by atoms with Gasteiger partial charge in [-0.1, -0.05) is 6.92 Å². The number of rotatable bonds is 1. The zero-order valence-electron chi connectivity index (χ0n) is 8.42. The van der Waals surface area contributed by atoms with Crippen LogP contribution in [0.15, 0.2) is 0 Å². The third-order valence-electron chi connectivity index (χ3n) is 2.63. The van der Waals surface area contributed by atoms with Crippen molar-refractivity contribution in [3.63, 3.8) is 0 Å². The van der Waals surface area contributed by atoms with Crippen molar-refractivity contribution in [3.8, 4) is 0 Å². The Kier molecular flexibility index (Phi) is 3.54. The van der Waals surface area contributed by atoms with Crippen LogP contribution in [-0.2, 0) is 0 Å². The molecule has 4 heteroatoms. The lowest BCUT2D eigenvalue weighted by Gasteiger charge is -2.34. The molecule has 0 aromatic rings. The lowest BCUT2D eigenvalue weighted by molar-refractivity contribution is 0.163. The van der Waals surface area contributed by atoms with Gasteiger partial charge in [0.05, 0.1) is 0 Å². The minimum Gasteiger partial charge on any atom is -0.338 e. The highest BCUT2D eigenvalue weighted by Crippen LogP contribution is 2.14. The predicted molar refractivity (Wildman–Crippen MR) is 52.4 cm³/mol. The van der Waals surface area contributed by atoms with Crippen LogP contribution < -0.4 is 11.1 Å². The summed E-state index contributed by atoms with van der Waals surface area (Å²) in [6.07, 6.45) is 1.01. The standard InChI is InChI=1S/C9H19N3O/c1-3-11-9(13)12-5-4-7(2)8(10)6-12/h7-8H,3-6,10H2,1-2H3,(H,11,13). The Morgan fingerprint density at radius 1 is 1.69 bits per heavy atom. The summed E-state index contributed by atoms with van der Waals surface area (Å²) in [5, 5.41) is 2.78. The molecule has 0 aliphatic carbocycles.